The van der Waals surface area contributed by atoms with E-state index in [0.29, 0.717) is 38.2 Å². The third-order valence-corrected chi connectivity index (χ3v) is 2.99. The smallest absolute Gasteiger partial charge is 0.303 e. The molecule has 1 rings (SSSR count). The highest BCUT2D eigenvalue weighted by Gasteiger charge is 2.20. The molecule has 1 aliphatic rings. The van der Waals surface area contributed by atoms with E-state index in [1.54, 1.807) is 22.0 Å². The zero-order chi connectivity index (χ0) is 16.3. The number of hydrogen-bond donors (Lipinski definition) is 1. The molecule has 118 valence electrons. The van der Waals surface area contributed by atoms with Crippen molar-refractivity contribution in [2.24, 2.45) is 0 Å². The van der Waals surface area contributed by atoms with Crippen molar-refractivity contribution in [3.05, 3.63) is 24.3 Å². The van der Waals surface area contributed by atoms with Gasteiger partial charge in [0, 0.05) is 38.2 Å². The quantitative estimate of drug-likeness (QED) is 0.471. The lowest BCUT2D eigenvalue weighted by molar-refractivity contribution is -0.137. The van der Waals surface area contributed by atoms with Crippen LogP contribution in [0.2, 0.25) is 0 Å². The van der Waals surface area contributed by atoms with Gasteiger partial charge in [-0.05, 0) is 13.3 Å². The Morgan fingerprint density at radius 2 is 1.81 bits per heavy atom. The molecule has 0 radical (unpaired) electrons. The number of carbonyl (C=O) groups is 3. The van der Waals surface area contributed by atoms with Crippen LogP contribution >= 0.6 is 0 Å². The fourth-order valence-electron chi connectivity index (χ4n) is 1.76. The minimum atomic E-state index is -0.711. The number of piperazine rings is 1. The molecule has 1 N–H and O–H groups in total. The average molecular weight is 296 g/mol. The van der Waals surface area contributed by atoms with Gasteiger partial charge in [-0.2, -0.15) is 0 Å². The number of aliphatic carboxylic acids is 1. The van der Waals surface area contributed by atoms with Gasteiger partial charge in [0.05, 0.1) is 0 Å². The largest absolute Gasteiger partial charge is 0.481 e. The van der Waals surface area contributed by atoms with Crippen molar-refractivity contribution in [3.8, 4) is 0 Å². The van der Waals surface area contributed by atoms with Gasteiger partial charge < -0.3 is 14.9 Å². The van der Waals surface area contributed by atoms with Crippen LogP contribution in [0.15, 0.2) is 24.3 Å². The van der Waals surface area contributed by atoms with Crippen LogP contribution in [0, 0.1) is 0 Å². The predicted octanol–water partition coefficient (Wildman–Crippen LogP) is 1.29. The van der Waals surface area contributed by atoms with Crippen molar-refractivity contribution in [2.75, 3.05) is 26.2 Å². The number of amides is 2. The summed E-state index contributed by atoms with van der Waals surface area (Å²) in [6.07, 6.45) is 5.16. The molecule has 6 nitrogen and oxygen atoms in total. The molecule has 1 aliphatic heterocycles. The Hall–Kier alpha value is -2.11. The molecule has 1 heterocycles. The summed E-state index contributed by atoms with van der Waals surface area (Å²) < 4.78 is 0. The third-order valence-electron chi connectivity index (χ3n) is 2.99. The predicted molar refractivity (Wildman–Crippen MR) is 80.7 cm³/mol. The molecule has 0 spiro atoms. The summed E-state index contributed by atoms with van der Waals surface area (Å²) in [4.78, 5) is 35.3. The molecule has 0 atom stereocenters. The maximum absolute atomic E-state index is 11.8. The summed E-state index contributed by atoms with van der Waals surface area (Å²) in [5.41, 5.74) is 0.620. The van der Waals surface area contributed by atoms with Gasteiger partial charge in [-0.3, -0.25) is 14.4 Å². The molecule has 0 aromatic rings. The van der Waals surface area contributed by atoms with Crippen molar-refractivity contribution < 1.29 is 19.5 Å². The summed E-state index contributed by atoms with van der Waals surface area (Å²) in [6, 6.07) is 0. The van der Waals surface area contributed by atoms with Gasteiger partial charge in [0.25, 0.3) is 5.91 Å². The first kappa shape index (κ1) is 18.9. The van der Waals surface area contributed by atoms with Crippen LogP contribution in [0.25, 0.3) is 0 Å². The van der Waals surface area contributed by atoms with E-state index in [1.807, 2.05) is 13.8 Å². The van der Waals surface area contributed by atoms with E-state index >= 15 is 0 Å². The standard InChI is InChI=1S/C11H16N2O2.C4H8O2/c1-3-10(4-2)11(15)13-7-5-12(9-14)6-8-13;1-2-3-4(5)6/h3-4,9H,1,5-8H2,2H3;2-3H2,1H3,(H,5,6)/b10-4-;. The summed E-state index contributed by atoms with van der Waals surface area (Å²) in [5.74, 6) is -0.712. The fraction of sp³-hybridized carbons (Fsp3) is 0.533. The highest BCUT2D eigenvalue weighted by Crippen LogP contribution is 2.06. The van der Waals surface area contributed by atoms with E-state index in [4.69, 9.17) is 5.11 Å². The Kier molecular flexibility index (Phi) is 9.58. The molecule has 2 amide bonds. The number of rotatable bonds is 5. The molecule has 0 aromatic heterocycles. The van der Waals surface area contributed by atoms with Crippen LogP contribution in [-0.4, -0.2) is 59.4 Å². The van der Waals surface area contributed by atoms with Crippen molar-refractivity contribution in [3.63, 3.8) is 0 Å². The first-order valence-corrected chi connectivity index (χ1v) is 6.99. The monoisotopic (exact) mass is 296 g/mol. The second-order valence-corrected chi connectivity index (χ2v) is 4.53. The van der Waals surface area contributed by atoms with Gasteiger partial charge in [0.15, 0.2) is 0 Å². The first-order valence-electron chi connectivity index (χ1n) is 6.99. The number of carboxylic acids is 1. The second kappa shape index (κ2) is 10.7. The Labute approximate surface area is 125 Å². The SMILES string of the molecule is C=C/C(=C/C)C(=O)N1CCN(C=O)CC1.CCCC(=O)O. The van der Waals surface area contributed by atoms with Crippen LogP contribution in [0.1, 0.15) is 26.7 Å². The van der Waals surface area contributed by atoms with Crippen LogP contribution in [0.5, 0.6) is 0 Å². The molecule has 0 saturated carbocycles. The van der Waals surface area contributed by atoms with Crippen molar-refractivity contribution in [1.82, 2.24) is 9.80 Å². The number of hydrogen-bond acceptors (Lipinski definition) is 3. The Morgan fingerprint density at radius 3 is 2.10 bits per heavy atom. The number of allylic oxidation sites excluding steroid dienone is 1. The summed E-state index contributed by atoms with van der Waals surface area (Å²) in [7, 11) is 0. The van der Waals surface area contributed by atoms with Crippen LogP contribution in [0.3, 0.4) is 0 Å². The van der Waals surface area contributed by atoms with E-state index in [2.05, 4.69) is 6.58 Å². The number of carboxylic acid groups (broad SMARTS) is 1. The Balaban J connectivity index is 0.000000567. The van der Waals surface area contributed by atoms with Gasteiger partial charge >= 0.3 is 5.97 Å². The summed E-state index contributed by atoms with van der Waals surface area (Å²) >= 11 is 0. The minimum Gasteiger partial charge on any atom is -0.481 e. The molecule has 0 unspecified atom stereocenters. The lowest BCUT2D eigenvalue weighted by atomic mass is 10.2. The van der Waals surface area contributed by atoms with Crippen molar-refractivity contribution >= 4 is 18.3 Å². The Bertz CT molecular complexity index is 396. The zero-order valence-corrected chi connectivity index (χ0v) is 12.7. The fourth-order valence-corrected chi connectivity index (χ4v) is 1.76. The van der Waals surface area contributed by atoms with Gasteiger partial charge in [-0.1, -0.05) is 25.7 Å². The van der Waals surface area contributed by atoms with Crippen molar-refractivity contribution in [2.45, 2.75) is 26.7 Å². The van der Waals surface area contributed by atoms with E-state index < -0.39 is 5.97 Å². The van der Waals surface area contributed by atoms with Crippen LogP contribution in [-0.2, 0) is 14.4 Å². The Morgan fingerprint density at radius 1 is 1.24 bits per heavy atom. The molecule has 0 bridgehead atoms. The maximum atomic E-state index is 11.8. The third kappa shape index (κ3) is 7.29. The van der Waals surface area contributed by atoms with Crippen LogP contribution in [0.4, 0.5) is 0 Å². The van der Waals surface area contributed by atoms with Gasteiger partial charge in [-0.25, -0.2) is 0 Å². The molecular formula is C15H24N2O4. The summed E-state index contributed by atoms with van der Waals surface area (Å²) in [5, 5.41) is 7.91. The lowest BCUT2D eigenvalue weighted by Gasteiger charge is -2.32. The van der Waals surface area contributed by atoms with Crippen LogP contribution < -0.4 is 0 Å². The second-order valence-electron chi connectivity index (χ2n) is 4.53. The molecule has 1 saturated heterocycles. The molecule has 1 fully saturated rings. The highest BCUT2D eigenvalue weighted by atomic mass is 16.4. The lowest BCUT2D eigenvalue weighted by Crippen LogP contribution is -2.48. The van der Waals surface area contributed by atoms with Crippen molar-refractivity contribution in [1.29, 1.82) is 0 Å². The zero-order valence-electron chi connectivity index (χ0n) is 12.7. The minimum absolute atomic E-state index is 0.00181. The van der Waals surface area contributed by atoms with E-state index in [-0.39, 0.29) is 5.91 Å². The van der Waals surface area contributed by atoms with E-state index in [1.165, 1.54) is 0 Å². The average Bonchev–Trinajstić information content (AvgIpc) is 2.49. The molecule has 0 aromatic carbocycles. The maximum Gasteiger partial charge on any atom is 0.303 e. The topological polar surface area (TPSA) is 77.9 Å². The van der Waals surface area contributed by atoms with E-state index in [0.717, 1.165) is 12.8 Å². The number of carbonyl (C=O) groups excluding carboxylic acids is 2. The van der Waals surface area contributed by atoms with Gasteiger partial charge in [0.1, 0.15) is 0 Å². The molecular weight excluding hydrogens is 272 g/mol. The molecule has 21 heavy (non-hydrogen) atoms. The normalized spacial score (nSPS) is 14.9. The highest BCUT2D eigenvalue weighted by molar-refractivity contribution is 5.96. The number of nitrogens with zero attached hydrogens (tertiary/aromatic N) is 2. The van der Waals surface area contributed by atoms with Gasteiger partial charge in [-0.15, -0.1) is 0 Å². The molecule has 0 aliphatic carbocycles. The van der Waals surface area contributed by atoms with Gasteiger partial charge in [0.2, 0.25) is 6.41 Å². The summed E-state index contributed by atoms with van der Waals surface area (Å²) in [6.45, 7) is 9.68. The molecule has 6 heteroatoms. The van der Waals surface area contributed by atoms with E-state index in [9.17, 15) is 14.4 Å². The first-order chi connectivity index (χ1) is 9.99.